The highest BCUT2D eigenvalue weighted by molar-refractivity contribution is 7.91. The van der Waals surface area contributed by atoms with Crippen molar-refractivity contribution in [3.05, 3.63) is 16.1 Å². The van der Waals surface area contributed by atoms with Gasteiger partial charge in [0.2, 0.25) is 0 Å². The number of hydrogen-bond donors (Lipinski definition) is 2. The Hall–Kier alpha value is -0.500. The third kappa shape index (κ3) is 3.25. The Balaban J connectivity index is 2.02. The standard InChI is InChI=1S/C10H17N3O2S2/c1-7-5-16-10(12-7)4-9(13-11)8-2-3-17(14,15)6-8/h5,8-9,13H,2-4,6,11H2,1H3. The molecule has 0 radical (unpaired) electrons. The van der Waals surface area contributed by atoms with Crippen LogP contribution in [-0.2, 0) is 16.3 Å². The van der Waals surface area contributed by atoms with Crippen LogP contribution in [0.3, 0.4) is 0 Å². The summed E-state index contributed by atoms with van der Waals surface area (Å²) in [5.74, 6) is 6.16. The average molecular weight is 275 g/mol. The lowest BCUT2D eigenvalue weighted by Gasteiger charge is -2.20. The number of nitrogens with zero attached hydrogens (tertiary/aromatic N) is 1. The van der Waals surface area contributed by atoms with Gasteiger partial charge in [-0.1, -0.05) is 0 Å². The maximum Gasteiger partial charge on any atom is 0.150 e. The molecule has 1 aliphatic heterocycles. The second kappa shape index (κ2) is 5.01. The molecular weight excluding hydrogens is 258 g/mol. The minimum atomic E-state index is -2.85. The summed E-state index contributed by atoms with van der Waals surface area (Å²) in [7, 11) is -2.85. The highest BCUT2D eigenvalue weighted by Crippen LogP contribution is 2.24. The van der Waals surface area contributed by atoms with Crippen molar-refractivity contribution in [2.24, 2.45) is 11.8 Å². The molecule has 0 saturated carbocycles. The Morgan fingerprint density at radius 2 is 2.47 bits per heavy atom. The van der Waals surface area contributed by atoms with Crippen molar-refractivity contribution in [2.75, 3.05) is 11.5 Å². The summed E-state index contributed by atoms with van der Waals surface area (Å²) in [5.41, 5.74) is 3.74. The average Bonchev–Trinajstić information content (AvgIpc) is 2.81. The van der Waals surface area contributed by atoms with E-state index in [-0.39, 0.29) is 23.5 Å². The van der Waals surface area contributed by atoms with E-state index in [2.05, 4.69) is 10.4 Å². The second-order valence-corrected chi connectivity index (χ2v) is 7.69. The van der Waals surface area contributed by atoms with Gasteiger partial charge in [0, 0.05) is 23.5 Å². The summed E-state index contributed by atoms with van der Waals surface area (Å²) in [6.07, 6.45) is 1.40. The number of aryl methyl sites for hydroxylation is 1. The summed E-state index contributed by atoms with van der Waals surface area (Å²) in [4.78, 5) is 4.38. The molecule has 2 heterocycles. The van der Waals surface area contributed by atoms with E-state index in [0.29, 0.717) is 12.8 Å². The largest absolute Gasteiger partial charge is 0.271 e. The van der Waals surface area contributed by atoms with Crippen LogP contribution in [0.5, 0.6) is 0 Å². The normalized spacial score (nSPS) is 24.9. The van der Waals surface area contributed by atoms with Gasteiger partial charge >= 0.3 is 0 Å². The number of nitrogens with two attached hydrogens (primary N) is 1. The minimum absolute atomic E-state index is 0.00201. The summed E-state index contributed by atoms with van der Waals surface area (Å²) in [6.45, 7) is 1.95. The van der Waals surface area contributed by atoms with Gasteiger partial charge in [-0.3, -0.25) is 11.3 Å². The number of hydrogen-bond acceptors (Lipinski definition) is 6. The van der Waals surface area contributed by atoms with Crippen LogP contribution in [0.1, 0.15) is 17.1 Å². The van der Waals surface area contributed by atoms with E-state index in [1.54, 1.807) is 11.3 Å². The Kier molecular flexibility index (Phi) is 3.82. The topological polar surface area (TPSA) is 85.1 Å². The van der Waals surface area contributed by atoms with E-state index in [1.807, 2.05) is 12.3 Å². The lowest BCUT2D eigenvalue weighted by Crippen LogP contribution is -2.43. The molecule has 0 amide bonds. The number of nitrogens with one attached hydrogen (secondary N) is 1. The quantitative estimate of drug-likeness (QED) is 0.608. The van der Waals surface area contributed by atoms with Crippen LogP contribution >= 0.6 is 11.3 Å². The van der Waals surface area contributed by atoms with Crippen LogP contribution in [0, 0.1) is 12.8 Å². The predicted molar refractivity (Wildman–Crippen MR) is 68.4 cm³/mol. The van der Waals surface area contributed by atoms with Gasteiger partial charge < -0.3 is 0 Å². The summed E-state index contributed by atoms with van der Waals surface area (Å²) < 4.78 is 22.9. The van der Waals surface area contributed by atoms with E-state index < -0.39 is 9.84 Å². The van der Waals surface area contributed by atoms with Crippen molar-refractivity contribution in [1.82, 2.24) is 10.4 Å². The van der Waals surface area contributed by atoms with Crippen molar-refractivity contribution in [3.8, 4) is 0 Å². The third-order valence-electron chi connectivity index (χ3n) is 3.11. The maximum atomic E-state index is 11.4. The SMILES string of the molecule is Cc1csc(CC(NN)C2CCS(=O)(=O)C2)n1. The van der Waals surface area contributed by atoms with E-state index in [0.717, 1.165) is 10.7 Å². The van der Waals surface area contributed by atoms with E-state index >= 15 is 0 Å². The van der Waals surface area contributed by atoms with Crippen molar-refractivity contribution in [2.45, 2.75) is 25.8 Å². The van der Waals surface area contributed by atoms with E-state index in [4.69, 9.17) is 5.84 Å². The fraction of sp³-hybridized carbons (Fsp3) is 0.700. The highest BCUT2D eigenvalue weighted by atomic mass is 32.2. The van der Waals surface area contributed by atoms with Gasteiger partial charge in [-0.25, -0.2) is 13.4 Å². The van der Waals surface area contributed by atoms with Crippen LogP contribution in [0.25, 0.3) is 0 Å². The smallest absolute Gasteiger partial charge is 0.150 e. The van der Waals surface area contributed by atoms with Crippen molar-refractivity contribution in [3.63, 3.8) is 0 Å². The Morgan fingerprint density at radius 3 is 2.94 bits per heavy atom. The molecule has 1 aliphatic rings. The molecule has 5 nitrogen and oxygen atoms in total. The molecule has 1 aromatic rings. The lowest BCUT2D eigenvalue weighted by atomic mass is 9.97. The first-order chi connectivity index (χ1) is 8.00. The van der Waals surface area contributed by atoms with Gasteiger partial charge in [0.25, 0.3) is 0 Å². The maximum absolute atomic E-state index is 11.4. The van der Waals surface area contributed by atoms with Crippen molar-refractivity contribution >= 4 is 21.2 Å². The minimum Gasteiger partial charge on any atom is -0.271 e. The monoisotopic (exact) mass is 275 g/mol. The molecule has 2 unspecified atom stereocenters. The molecule has 3 N–H and O–H groups in total. The molecule has 2 rings (SSSR count). The first kappa shape index (κ1) is 12.9. The van der Waals surface area contributed by atoms with Gasteiger partial charge in [0.1, 0.15) is 0 Å². The fourth-order valence-electron chi connectivity index (χ4n) is 2.19. The number of sulfone groups is 1. The van der Waals surface area contributed by atoms with Crippen LogP contribution in [0.2, 0.25) is 0 Å². The number of thiazole rings is 1. The first-order valence-electron chi connectivity index (χ1n) is 5.58. The summed E-state index contributed by atoms with van der Waals surface area (Å²) in [5, 5.41) is 3.00. The molecule has 0 aliphatic carbocycles. The molecule has 0 bridgehead atoms. The molecule has 0 aromatic carbocycles. The summed E-state index contributed by atoms with van der Waals surface area (Å²) >= 11 is 1.60. The van der Waals surface area contributed by atoms with Crippen LogP contribution in [0.4, 0.5) is 0 Å². The van der Waals surface area contributed by atoms with Gasteiger partial charge in [-0.05, 0) is 19.3 Å². The number of aromatic nitrogens is 1. The van der Waals surface area contributed by atoms with Crippen LogP contribution in [-0.4, -0.2) is 30.9 Å². The predicted octanol–water partition coefficient (Wildman–Crippen LogP) is 0.261. The zero-order chi connectivity index (χ0) is 12.5. The number of rotatable bonds is 4. The third-order valence-corrected chi connectivity index (χ3v) is 5.89. The molecule has 2 atom stereocenters. The zero-order valence-electron chi connectivity index (χ0n) is 9.72. The van der Waals surface area contributed by atoms with Crippen molar-refractivity contribution in [1.29, 1.82) is 0 Å². The molecule has 7 heteroatoms. The van der Waals surface area contributed by atoms with Gasteiger partial charge in [-0.2, -0.15) is 0 Å². The molecular formula is C10H17N3O2S2. The summed E-state index contributed by atoms with van der Waals surface area (Å²) in [6, 6.07) is -0.00201. The highest BCUT2D eigenvalue weighted by Gasteiger charge is 2.33. The zero-order valence-corrected chi connectivity index (χ0v) is 11.4. The molecule has 17 heavy (non-hydrogen) atoms. The van der Waals surface area contributed by atoms with Crippen LogP contribution < -0.4 is 11.3 Å². The molecule has 1 aromatic heterocycles. The molecule has 1 saturated heterocycles. The second-order valence-electron chi connectivity index (χ2n) is 4.52. The first-order valence-corrected chi connectivity index (χ1v) is 8.28. The Labute approximate surface area is 105 Å². The molecule has 96 valence electrons. The Bertz CT molecular complexity index is 483. The van der Waals surface area contributed by atoms with Crippen LogP contribution in [0.15, 0.2) is 5.38 Å². The Morgan fingerprint density at radius 1 is 1.71 bits per heavy atom. The van der Waals surface area contributed by atoms with E-state index in [1.165, 1.54) is 0 Å². The van der Waals surface area contributed by atoms with Gasteiger partial charge in [0.05, 0.1) is 16.5 Å². The van der Waals surface area contributed by atoms with Gasteiger partial charge in [-0.15, -0.1) is 11.3 Å². The van der Waals surface area contributed by atoms with E-state index in [9.17, 15) is 8.42 Å². The van der Waals surface area contributed by atoms with Gasteiger partial charge in [0.15, 0.2) is 9.84 Å². The molecule has 1 fully saturated rings. The molecule has 0 spiro atoms. The van der Waals surface area contributed by atoms with Crippen molar-refractivity contribution < 1.29 is 8.42 Å². The fourth-order valence-corrected chi connectivity index (χ4v) is 4.90. The lowest BCUT2D eigenvalue weighted by molar-refractivity contribution is 0.384. The number of hydrazine groups is 1.